The Kier molecular flexibility index (Phi) is 2.71. The molecule has 19 heavy (non-hydrogen) atoms. The first-order valence-electron chi connectivity index (χ1n) is 5.52. The van der Waals surface area contributed by atoms with Gasteiger partial charge in [-0.1, -0.05) is 0 Å². The van der Waals surface area contributed by atoms with Crippen LogP contribution in [0.4, 0.5) is 0 Å². The summed E-state index contributed by atoms with van der Waals surface area (Å²) in [5.74, 6) is -0.575. The van der Waals surface area contributed by atoms with Crippen LogP contribution in [-0.2, 0) is 4.74 Å². The number of carbonyl (C=O) groups is 1. The zero-order valence-corrected chi connectivity index (χ0v) is 10.7. The molecular weight excluding hydrogens is 268 g/mol. The second-order valence-electron chi connectivity index (χ2n) is 3.73. The Labute approximate surface area is 111 Å². The van der Waals surface area contributed by atoms with E-state index < -0.39 is 5.97 Å². The molecule has 8 heteroatoms. The molecule has 0 saturated heterocycles. The topological polar surface area (TPSA) is 91.9 Å². The lowest BCUT2D eigenvalue weighted by atomic mass is 10.1. The molecule has 0 aliphatic rings. The Morgan fingerprint density at radius 3 is 3.11 bits per heavy atom. The van der Waals surface area contributed by atoms with Crippen molar-refractivity contribution in [3.8, 4) is 0 Å². The third kappa shape index (κ3) is 1.76. The maximum absolute atomic E-state index is 11.9. The lowest BCUT2D eigenvalue weighted by molar-refractivity contribution is -0.580. The smallest absolute Gasteiger partial charge is 0.383 e. The van der Waals surface area contributed by atoms with Crippen LogP contribution in [0.25, 0.3) is 21.9 Å². The molecule has 0 unspecified atom stereocenters. The Bertz CT molecular complexity index is 786. The van der Waals surface area contributed by atoms with Crippen LogP contribution in [0, 0.1) is 5.21 Å². The number of nitrogens with zero attached hydrogens (tertiary/aromatic N) is 4. The van der Waals surface area contributed by atoms with Crippen molar-refractivity contribution < 1.29 is 14.3 Å². The highest BCUT2D eigenvalue weighted by Gasteiger charge is 2.23. The third-order valence-electron chi connectivity index (χ3n) is 2.64. The normalized spacial score (nSPS) is 11.0. The van der Waals surface area contributed by atoms with Gasteiger partial charge in [-0.3, -0.25) is 0 Å². The standard InChI is InChI=1S/C11H8N4O3S/c1-2-18-11(16)10-8-7(15(17)5-12-10)4-3-6-9(8)14-19-13-6/h3-5H,2H2,1H3. The van der Waals surface area contributed by atoms with E-state index in [0.717, 1.165) is 18.1 Å². The van der Waals surface area contributed by atoms with E-state index in [-0.39, 0.29) is 12.3 Å². The molecule has 3 aromatic rings. The van der Waals surface area contributed by atoms with Gasteiger partial charge in [0.05, 0.1) is 18.3 Å². The molecule has 1 aromatic carbocycles. The molecule has 0 spiro atoms. The van der Waals surface area contributed by atoms with E-state index in [4.69, 9.17) is 4.74 Å². The number of ether oxygens (including phenoxy) is 1. The minimum atomic E-state index is -0.575. The first-order chi connectivity index (χ1) is 9.22. The number of fused-ring (bicyclic) bond motifs is 3. The van der Waals surface area contributed by atoms with Gasteiger partial charge in [0.15, 0.2) is 0 Å². The molecule has 0 amide bonds. The van der Waals surface area contributed by atoms with Gasteiger partial charge in [0.1, 0.15) is 21.9 Å². The number of hydrogen-bond donors (Lipinski definition) is 0. The Balaban J connectivity index is 2.41. The van der Waals surface area contributed by atoms with Gasteiger partial charge in [-0.2, -0.15) is 8.75 Å². The number of hydrogen-bond acceptors (Lipinski definition) is 7. The fraction of sp³-hybridized carbons (Fsp3) is 0.182. The summed E-state index contributed by atoms with van der Waals surface area (Å²) < 4.78 is 13.7. The van der Waals surface area contributed by atoms with E-state index >= 15 is 0 Å². The summed E-state index contributed by atoms with van der Waals surface area (Å²) in [5, 5.41) is 12.1. The van der Waals surface area contributed by atoms with E-state index in [9.17, 15) is 10.0 Å². The molecule has 3 rings (SSSR count). The zero-order chi connectivity index (χ0) is 13.4. The molecule has 0 N–H and O–H groups in total. The maximum Gasteiger partial charge on any atom is 0.383 e. The van der Waals surface area contributed by atoms with Gasteiger partial charge in [0.2, 0.25) is 0 Å². The van der Waals surface area contributed by atoms with Gasteiger partial charge < -0.3 is 9.94 Å². The molecule has 0 saturated carbocycles. The molecule has 0 radical (unpaired) electrons. The first-order valence-corrected chi connectivity index (χ1v) is 6.25. The van der Waals surface area contributed by atoms with Gasteiger partial charge in [0, 0.05) is 0 Å². The molecule has 0 aliphatic heterocycles. The van der Waals surface area contributed by atoms with Crippen LogP contribution in [0.3, 0.4) is 0 Å². The Morgan fingerprint density at radius 2 is 2.32 bits per heavy atom. The summed E-state index contributed by atoms with van der Waals surface area (Å²) in [7, 11) is 0. The number of benzene rings is 1. The summed E-state index contributed by atoms with van der Waals surface area (Å²) in [6.45, 7) is 1.94. The van der Waals surface area contributed by atoms with Crippen LogP contribution in [-0.4, -0.2) is 26.3 Å². The number of aromatic nitrogens is 4. The molecule has 0 fully saturated rings. The van der Waals surface area contributed by atoms with Gasteiger partial charge in [0.25, 0.3) is 12.0 Å². The van der Waals surface area contributed by atoms with Crippen molar-refractivity contribution in [3.05, 3.63) is 29.4 Å². The van der Waals surface area contributed by atoms with Crippen LogP contribution in [0.1, 0.15) is 17.4 Å². The molecule has 96 valence electrons. The molecule has 0 atom stereocenters. The summed E-state index contributed by atoms with van der Waals surface area (Å²) >= 11 is 1.02. The zero-order valence-electron chi connectivity index (χ0n) is 9.86. The van der Waals surface area contributed by atoms with E-state index in [1.165, 1.54) is 0 Å². The summed E-state index contributed by atoms with van der Waals surface area (Å²) in [5.41, 5.74) is 1.51. The molecule has 0 bridgehead atoms. The average molecular weight is 276 g/mol. The van der Waals surface area contributed by atoms with Crippen LogP contribution >= 0.6 is 11.7 Å². The molecule has 2 aromatic heterocycles. The quantitative estimate of drug-likeness (QED) is 0.394. The van der Waals surface area contributed by atoms with Crippen molar-refractivity contribution in [2.75, 3.05) is 6.61 Å². The van der Waals surface area contributed by atoms with Crippen molar-refractivity contribution in [3.63, 3.8) is 0 Å². The summed E-state index contributed by atoms with van der Waals surface area (Å²) in [6.07, 6.45) is 1.04. The highest BCUT2D eigenvalue weighted by Crippen LogP contribution is 2.24. The van der Waals surface area contributed by atoms with E-state index in [0.29, 0.717) is 26.7 Å². The highest BCUT2D eigenvalue weighted by molar-refractivity contribution is 7.00. The van der Waals surface area contributed by atoms with Gasteiger partial charge in [-0.15, -0.1) is 0 Å². The average Bonchev–Trinajstić information content (AvgIpc) is 2.87. The van der Waals surface area contributed by atoms with E-state index in [1.807, 2.05) is 0 Å². The molecular formula is C11H8N4O3S. The minimum absolute atomic E-state index is 0.0854. The van der Waals surface area contributed by atoms with Crippen molar-refractivity contribution in [2.45, 2.75) is 6.92 Å². The summed E-state index contributed by atoms with van der Waals surface area (Å²) in [6, 6.07) is 3.28. The van der Waals surface area contributed by atoms with E-state index in [1.54, 1.807) is 19.1 Å². The lowest BCUT2D eigenvalue weighted by Gasteiger charge is -2.06. The number of rotatable bonds is 2. The molecule has 0 aliphatic carbocycles. The van der Waals surface area contributed by atoms with Crippen molar-refractivity contribution in [1.29, 1.82) is 0 Å². The van der Waals surface area contributed by atoms with Crippen LogP contribution < -0.4 is 4.73 Å². The monoisotopic (exact) mass is 276 g/mol. The third-order valence-corrected chi connectivity index (χ3v) is 3.18. The van der Waals surface area contributed by atoms with Gasteiger partial charge in [-0.05, 0) is 24.0 Å². The summed E-state index contributed by atoms with van der Waals surface area (Å²) in [4.78, 5) is 15.8. The maximum atomic E-state index is 11.9. The fourth-order valence-electron chi connectivity index (χ4n) is 1.85. The minimum Gasteiger partial charge on any atom is -0.710 e. The Morgan fingerprint density at radius 1 is 1.47 bits per heavy atom. The van der Waals surface area contributed by atoms with Crippen molar-refractivity contribution in [2.24, 2.45) is 0 Å². The lowest BCUT2D eigenvalue weighted by Crippen LogP contribution is -2.29. The Hall–Kier alpha value is -2.35. The predicted molar refractivity (Wildman–Crippen MR) is 67.6 cm³/mol. The fourth-order valence-corrected chi connectivity index (χ4v) is 2.39. The SMILES string of the molecule is CCOC(=O)c1nc[n+]([O-])c2ccc3nsnc3c12. The van der Waals surface area contributed by atoms with Crippen LogP contribution in [0.15, 0.2) is 18.5 Å². The van der Waals surface area contributed by atoms with E-state index in [2.05, 4.69) is 13.7 Å². The van der Waals surface area contributed by atoms with Crippen LogP contribution in [0.5, 0.6) is 0 Å². The van der Waals surface area contributed by atoms with Gasteiger partial charge in [-0.25, -0.2) is 9.52 Å². The number of esters is 1. The van der Waals surface area contributed by atoms with Crippen LogP contribution in [0.2, 0.25) is 0 Å². The van der Waals surface area contributed by atoms with Crippen molar-refractivity contribution >= 4 is 39.6 Å². The molecule has 7 nitrogen and oxygen atoms in total. The number of carbonyl (C=O) groups excluding carboxylic acids is 1. The predicted octanol–water partition coefficient (Wildman–Crippen LogP) is 1.05. The first kappa shape index (κ1) is 11.7. The highest BCUT2D eigenvalue weighted by atomic mass is 32.1. The second kappa shape index (κ2) is 4.39. The largest absolute Gasteiger partial charge is 0.710 e. The second-order valence-corrected chi connectivity index (χ2v) is 4.26. The van der Waals surface area contributed by atoms with Crippen molar-refractivity contribution in [1.82, 2.24) is 13.7 Å². The molecule has 2 heterocycles. The van der Waals surface area contributed by atoms with Gasteiger partial charge >= 0.3 is 5.97 Å².